The van der Waals surface area contributed by atoms with Gasteiger partial charge in [0.2, 0.25) is 5.91 Å². The van der Waals surface area contributed by atoms with Crippen molar-refractivity contribution in [3.8, 4) is 10.4 Å². The van der Waals surface area contributed by atoms with Gasteiger partial charge in [0.25, 0.3) is 0 Å². The van der Waals surface area contributed by atoms with Gasteiger partial charge in [-0.1, -0.05) is 25.3 Å². The molecule has 4 rings (SSSR count). The van der Waals surface area contributed by atoms with Gasteiger partial charge in [-0.25, -0.2) is 9.18 Å². The van der Waals surface area contributed by atoms with E-state index in [1.807, 2.05) is 0 Å². The fraction of sp³-hybridized carbons (Fsp3) is 0.455. The first-order valence-corrected chi connectivity index (χ1v) is 10.8. The van der Waals surface area contributed by atoms with Crippen LogP contribution in [0, 0.1) is 11.7 Å². The van der Waals surface area contributed by atoms with Crippen molar-refractivity contribution in [1.82, 2.24) is 0 Å². The first-order chi connectivity index (χ1) is 13.5. The van der Waals surface area contributed by atoms with Crippen molar-refractivity contribution >= 4 is 28.9 Å². The number of benzene rings is 1. The molecule has 148 valence electrons. The molecule has 1 atom stereocenters. The number of aromatic carboxylic acids is 1. The smallest absolute Gasteiger partial charge is 0.345 e. The van der Waals surface area contributed by atoms with Crippen LogP contribution in [0.25, 0.3) is 10.4 Å². The maximum Gasteiger partial charge on any atom is 0.345 e. The Labute approximate surface area is 168 Å². The number of carbonyl (C=O) groups excluding carboxylic acids is 1. The third-order valence-corrected chi connectivity index (χ3v) is 7.11. The van der Waals surface area contributed by atoms with Gasteiger partial charge in [0.15, 0.2) is 0 Å². The van der Waals surface area contributed by atoms with Crippen LogP contribution in [0.1, 0.15) is 61.0 Å². The van der Waals surface area contributed by atoms with Crippen LogP contribution in [0.3, 0.4) is 0 Å². The van der Waals surface area contributed by atoms with E-state index < -0.39 is 11.8 Å². The Kier molecular flexibility index (Phi) is 5.49. The molecule has 1 aromatic heterocycles. The van der Waals surface area contributed by atoms with Crippen molar-refractivity contribution in [3.63, 3.8) is 0 Å². The summed E-state index contributed by atoms with van der Waals surface area (Å²) in [6, 6.07) is 8.12. The van der Waals surface area contributed by atoms with Crippen LogP contribution in [0.5, 0.6) is 0 Å². The van der Waals surface area contributed by atoms with Crippen LogP contribution in [-0.4, -0.2) is 23.0 Å². The third-order valence-electron chi connectivity index (χ3n) is 5.99. The molecular weight excluding hydrogens is 377 g/mol. The first kappa shape index (κ1) is 19.1. The van der Waals surface area contributed by atoms with Gasteiger partial charge in [-0.05, 0) is 61.4 Å². The standard InChI is InChI=1S/C22H24FNO3S/c23-16-10-9-15(19-11-12-20(28-19)22(26)27)13-18(16)24-17(7-4-8-21(24)25)14-5-2-1-3-6-14/h9-14,17H,1-8H2,(H,26,27). The SMILES string of the molecule is O=C(O)c1ccc(-c2ccc(F)c(N3C(=O)CCCC3C3CCCCC3)c2)s1. The number of carboxylic acid groups (broad SMARTS) is 1. The molecule has 2 fully saturated rings. The minimum atomic E-state index is -0.970. The first-order valence-electron chi connectivity index (χ1n) is 9.99. The minimum absolute atomic E-state index is 0.00437. The molecule has 1 aromatic carbocycles. The number of rotatable bonds is 4. The molecular formula is C22H24FNO3S. The zero-order valence-electron chi connectivity index (χ0n) is 15.7. The summed E-state index contributed by atoms with van der Waals surface area (Å²) in [5, 5.41) is 9.16. The van der Waals surface area contributed by atoms with E-state index in [1.54, 1.807) is 29.2 Å². The lowest BCUT2D eigenvalue weighted by Gasteiger charge is -2.42. The lowest BCUT2D eigenvalue weighted by Crippen LogP contribution is -2.48. The molecule has 1 amide bonds. The van der Waals surface area contributed by atoms with Crippen LogP contribution in [0.15, 0.2) is 30.3 Å². The molecule has 1 saturated heterocycles. The van der Waals surface area contributed by atoms with E-state index in [0.717, 1.165) is 47.5 Å². The molecule has 4 nitrogen and oxygen atoms in total. The van der Waals surface area contributed by atoms with Crippen molar-refractivity contribution in [2.75, 3.05) is 4.90 Å². The van der Waals surface area contributed by atoms with Gasteiger partial charge >= 0.3 is 5.97 Å². The van der Waals surface area contributed by atoms with Crippen LogP contribution >= 0.6 is 11.3 Å². The van der Waals surface area contributed by atoms with Gasteiger partial charge in [0, 0.05) is 17.3 Å². The maximum atomic E-state index is 14.8. The molecule has 1 unspecified atom stereocenters. The van der Waals surface area contributed by atoms with Crippen LogP contribution in [-0.2, 0) is 4.79 Å². The Balaban J connectivity index is 1.70. The van der Waals surface area contributed by atoms with Crippen molar-refractivity contribution in [3.05, 3.63) is 41.0 Å². The summed E-state index contributed by atoms with van der Waals surface area (Å²) in [6.07, 6.45) is 8.04. The molecule has 1 N–H and O–H groups in total. The zero-order chi connectivity index (χ0) is 19.7. The molecule has 0 bridgehead atoms. The molecule has 2 heterocycles. The number of nitrogens with zero attached hydrogens (tertiary/aromatic N) is 1. The Bertz CT molecular complexity index is 888. The number of thiophene rings is 1. The highest BCUT2D eigenvalue weighted by molar-refractivity contribution is 7.17. The number of piperidine rings is 1. The maximum absolute atomic E-state index is 14.8. The van der Waals surface area contributed by atoms with Gasteiger partial charge in [0.05, 0.1) is 5.69 Å². The van der Waals surface area contributed by atoms with Gasteiger partial charge in [-0.15, -0.1) is 11.3 Å². The third kappa shape index (κ3) is 3.70. The lowest BCUT2D eigenvalue weighted by molar-refractivity contribution is -0.120. The second-order valence-electron chi connectivity index (χ2n) is 7.76. The minimum Gasteiger partial charge on any atom is -0.477 e. The van der Waals surface area contributed by atoms with Gasteiger partial charge in [0.1, 0.15) is 10.7 Å². The van der Waals surface area contributed by atoms with Gasteiger partial charge in [-0.2, -0.15) is 0 Å². The zero-order valence-corrected chi connectivity index (χ0v) is 16.5. The number of halogens is 1. The van der Waals surface area contributed by atoms with Crippen molar-refractivity contribution < 1.29 is 19.1 Å². The summed E-state index contributed by atoms with van der Waals surface area (Å²) in [5.41, 5.74) is 1.08. The number of amides is 1. The topological polar surface area (TPSA) is 57.6 Å². The van der Waals surface area contributed by atoms with Gasteiger partial charge in [-0.3, -0.25) is 4.79 Å². The number of hydrogen-bond donors (Lipinski definition) is 1. The number of hydrogen-bond acceptors (Lipinski definition) is 3. The predicted molar refractivity (Wildman–Crippen MR) is 108 cm³/mol. The van der Waals surface area contributed by atoms with E-state index in [4.69, 9.17) is 5.11 Å². The monoisotopic (exact) mass is 401 g/mol. The lowest BCUT2D eigenvalue weighted by atomic mass is 9.79. The highest BCUT2D eigenvalue weighted by Crippen LogP contribution is 2.39. The van der Waals surface area contributed by atoms with E-state index >= 15 is 0 Å². The van der Waals surface area contributed by atoms with Crippen LogP contribution in [0.2, 0.25) is 0 Å². The predicted octanol–water partition coefficient (Wildman–Crippen LogP) is 5.72. The second kappa shape index (κ2) is 8.03. The summed E-state index contributed by atoms with van der Waals surface area (Å²) >= 11 is 1.16. The fourth-order valence-corrected chi connectivity index (χ4v) is 5.48. The molecule has 28 heavy (non-hydrogen) atoms. The molecule has 1 saturated carbocycles. The van der Waals surface area contributed by atoms with Gasteiger partial charge < -0.3 is 10.0 Å². The molecule has 2 aliphatic rings. The van der Waals surface area contributed by atoms with E-state index in [-0.39, 0.29) is 16.8 Å². The normalized spacial score (nSPS) is 21.1. The molecule has 2 aromatic rings. The Morgan fingerprint density at radius 3 is 2.57 bits per heavy atom. The average Bonchev–Trinajstić information content (AvgIpc) is 3.20. The molecule has 0 radical (unpaired) electrons. The summed E-state index contributed by atoms with van der Waals surface area (Å²) < 4.78 is 14.8. The Morgan fingerprint density at radius 1 is 1.07 bits per heavy atom. The number of carbonyl (C=O) groups is 2. The summed E-state index contributed by atoms with van der Waals surface area (Å²) in [4.78, 5) is 26.7. The summed E-state index contributed by atoms with van der Waals surface area (Å²) in [5.74, 6) is -0.936. The van der Waals surface area contributed by atoms with E-state index in [2.05, 4.69) is 0 Å². The summed E-state index contributed by atoms with van der Waals surface area (Å²) in [7, 11) is 0. The summed E-state index contributed by atoms with van der Waals surface area (Å²) in [6.45, 7) is 0. The van der Waals surface area contributed by atoms with Crippen LogP contribution < -0.4 is 4.90 Å². The van der Waals surface area contributed by atoms with E-state index in [1.165, 1.54) is 25.3 Å². The number of carboxylic acids is 1. The number of anilines is 1. The molecule has 1 aliphatic heterocycles. The van der Waals surface area contributed by atoms with E-state index in [0.29, 0.717) is 18.0 Å². The van der Waals surface area contributed by atoms with Crippen molar-refractivity contribution in [2.45, 2.75) is 57.4 Å². The van der Waals surface area contributed by atoms with E-state index in [9.17, 15) is 14.0 Å². The molecule has 0 spiro atoms. The molecule has 6 heteroatoms. The second-order valence-corrected chi connectivity index (χ2v) is 8.84. The van der Waals surface area contributed by atoms with Crippen molar-refractivity contribution in [2.24, 2.45) is 5.92 Å². The highest BCUT2D eigenvalue weighted by atomic mass is 32.1. The fourth-order valence-electron chi connectivity index (χ4n) is 4.63. The highest BCUT2D eigenvalue weighted by Gasteiger charge is 2.36. The molecule has 1 aliphatic carbocycles. The quantitative estimate of drug-likeness (QED) is 0.713. The Morgan fingerprint density at radius 2 is 1.86 bits per heavy atom. The largest absolute Gasteiger partial charge is 0.477 e. The van der Waals surface area contributed by atoms with Crippen molar-refractivity contribution in [1.29, 1.82) is 0 Å². The Hall–Kier alpha value is -2.21. The van der Waals surface area contributed by atoms with Crippen LogP contribution in [0.4, 0.5) is 10.1 Å². The average molecular weight is 402 g/mol.